The lowest BCUT2D eigenvalue weighted by molar-refractivity contribution is -0.113. The zero-order valence-electron chi connectivity index (χ0n) is 12.6. The summed E-state index contributed by atoms with van der Waals surface area (Å²) < 4.78 is 10.4. The Bertz CT molecular complexity index is 710. The van der Waals surface area contributed by atoms with Gasteiger partial charge in [-0.2, -0.15) is 0 Å². The third-order valence-corrected chi connectivity index (χ3v) is 4.75. The maximum absolute atomic E-state index is 12.1. The molecule has 1 N–H and O–H groups in total. The summed E-state index contributed by atoms with van der Waals surface area (Å²) >= 11 is 13.5. The zero-order valence-corrected chi connectivity index (χ0v) is 14.9. The van der Waals surface area contributed by atoms with Crippen LogP contribution in [0.1, 0.15) is 0 Å². The smallest absolute Gasteiger partial charge is 0.234 e. The Hall–Kier alpha value is -1.56. The minimum absolute atomic E-state index is 0.183. The van der Waals surface area contributed by atoms with Gasteiger partial charge in [0.25, 0.3) is 0 Å². The first-order valence-electron chi connectivity index (χ1n) is 6.64. The molecule has 0 unspecified atom stereocenters. The molecule has 0 saturated carbocycles. The molecule has 0 heterocycles. The Labute approximate surface area is 149 Å². The van der Waals surface area contributed by atoms with Crippen molar-refractivity contribution in [1.82, 2.24) is 0 Å². The van der Waals surface area contributed by atoms with Crippen LogP contribution in [0.3, 0.4) is 0 Å². The monoisotopic (exact) mass is 371 g/mol. The molecule has 0 fully saturated rings. The molecule has 0 spiro atoms. The quantitative estimate of drug-likeness (QED) is 0.744. The second-order valence-electron chi connectivity index (χ2n) is 4.45. The molecule has 4 nitrogen and oxygen atoms in total. The van der Waals surface area contributed by atoms with Crippen LogP contribution in [0.4, 0.5) is 5.69 Å². The minimum Gasteiger partial charge on any atom is -0.495 e. The molecule has 0 bridgehead atoms. The van der Waals surface area contributed by atoms with Crippen molar-refractivity contribution in [1.29, 1.82) is 0 Å². The zero-order chi connectivity index (χ0) is 16.8. The van der Waals surface area contributed by atoms with Crippen LogP contribution in [-0.2, 0) is 4.79 Å². The molecule has 0 aromatic heterocycles. The van der Waals surface area contributed by atoms with Crippen molar-refractivity contribution in [3.8, 4) is 11.5 Å². The number of hydrogen-bond acceptors (Lipinski definition) is 4. The molecule has 0 aliphatic heterocycles. The first-order valence-corrected chi connectivity index (χ1v) is 8.38. The number of methoxy groups -OCH3 is 2. The Kier molecular flexibility index (Phi) is 6.45. The van der Waals surface area contributed by atoms with Crippen molar-refractivity contribution in [2.45, 2.75) is 4.90 Å². The lowest BCUT2D eigenvalue weighted by atomic mass is 10.2. The number of hydrogen-bond donors (Lipinski definition) is 1. The van der Waals surface area contributed by atoms with Crippen molar-refractivity contribution < 1.29 is 14.3 Å². The fraction of sp³-hybridized carbons (Fsp3) is 0.188. The highest BCUT2D eigenvalue weighted by Crippen LogP contribution is 2.36. The van der Waals surface area contributed by atoms with Gasteiger partial charge in [-0.3, -0.25) is 4.79 Å². The van der Waals surface area contributed by atoms with Gasteiger partial charge >= 0.3 is 0 Å². The highest BCUT2D eigenvalue weighted by atomic mass is 35.5. The second-order valence-corrected chi connectivity index (χ2v) is 6.29. The first-order chi connectivity index (χ1) is 11.0. The van der Waals surface area contributed by atoms with E-state index in [9.17, 15) is 4.79 Å². The van der Waals surface area contributed by atoms with Crippen LogP contribution in [0.2, 0.25) is 10.0 Å². The Balaban J connectivity index is 2.06. The normalized spacial score (nSPS) is 10.3. The third kappa shape index (κ3) is 4.70. The summed E-state index contributed by atoms with van der Waals surface area (Å²) in [5.41, 5.74) is 0.499. The van der Waals surface area contributed by atoms with Gasteiger partial charge in [0.05, 0.1) is 35.7 Å². The number of benzene rings is 2. The number of halogens is 2. The predicted octanol–water partition coefficient (Wildman–Crippen LogP) is 4.74. The van der Waals surface area contributed by atoms with Crippen molar-refractivity contribution >= 4 is 46.6 Å². The van der Waals surface area contributed by atoms with E-state index < -0.39 is 0 Å². The number of carbonyl (C=O) groups excluding carboxylic acids is 1. The fourth-order valence-corrected chi connectivity index (χ4v) is 3.12. The number of rotatable bonds is 6. The average molecular weight is 372 g/mol. The van der Waals surface area contributed by atoms with E-state index >= 15 is 0 Å². The molecule has 2 rings (SSSR count). The molecule has 0 aliphatic rings. The van der Waals surface area contributed by atoms with Crippen LogP contribution >= 0.6 is 35.0 Å². The van der Waals surface area contributed by atoms with E-state index in [0.29, 0.717) is 27.2 Å². The topological polar surface area (TPSA) is 47.6 Å². The molecule has 122 valence electrons. The third-order valence-electron chi connectivity index (χ3n) is 2.94. The molecule has 23 heavy (non-hydrogen) atoms. The van der Waals surface area contributed by atoms with Crippen LogP contribution in [0.5, 0.6) is 11.5 Å². The number of thioether (sulfide) groups is 1. The average Bonchev–Trinajstić information content (AvgIpc) is 2.55. The Morgan fingerprint density at radius 2 is 1.78 bits per heavy atom. The maximum Gasteiger partial charge on any atom is 0.234 e. The highest BCUT2D eigenvalue weighted by molar-refractivity contribution is 8.00. The summed E-state index contributed by atoms with van der Waals surface area (Å²) in [5.74, 6) is 0.962. The lowest BCUT2D eigenvalue weighted by Gasteiger charge is -2.13. The van der Waals surface area contributed by atoms with Gasteiger partial charge < -0.3 is 14.8 Å². The number of nitrogens with one attached hydrogen (secondary N) is 1. The first kappa shape index (κ1) is 17.8. The minimum atomic E-state index is -0.183. The number of carbonyl (C=O) groups is 1. The summed E-state index contributed by atoms with van der Waals surface area (Å²) in [6.07, 6.45) is 0. The summed E-state index contributed by atoms with van der Waals surface area (Å²) in [7, 11) is 3.01. The number of amides is 1. The molecule has 0 aliphatic carbocycles. The van der Waals surface area contributed by atoms with Crippen molar-refractivity contribution in [3.63, 3.8) is 0 Å². The molecule has 2 aromatic rings. The van der Waals surface area contributed by atoms with Crippen molar-refractivity contribution in [2.24, 2.45) is 0 Å². The SMILES string of the molecule is COc1cc(NC(=O)CSc2ccccc2Cl)c(OC)cc1Cl. The Morgan fingerprint density at radius 1 is 1.09 bits per heavy atom. The Morgan fingerprint density at radius 3 is 2.43 bits per heavy atom. The van der Waals surface area contributed by atoms with E-state index in [0.717, 1.165) is 4.90 Å². The molecular weight excluding hydrogens is 357 g/mol. The van der Waals surface area contributed by atoms with E-state index in [4.69, 9.17) is 32.7 Å². The number of anilines is 1. The summed E-state index contributed by atoms with van der Waals surface area (Å²) in [5, 5.41) is 3.82. The van der Waals surface area contributed by atoms with Gasteiger partial charge in [0, 0.05) is 17.0 Å². The maximum atomic E-state index is 12.1. The summed E-state index contributed by atoms with van der Waals surface area (Å²) in [4.78, 5) is 13.0. The van der Waals surface area contributed by atoms with E-state index in [1.54, 1.807) is 18.2 Å². The molecule has 0 atom stereocenters. The van der Waals surface area contributed by atoms with E-state index in [2.05, 4.69) is 5.32 Å². The van der Waals surface area contributed by atoms with Crippen LogP contribution in [0.25, 0.3) is 0 Å². The predicted molar refractivity (Wildman–Crippen MR) is 95.4 cm³/mol. The van der Waals surface area contributed by atoms with Crippen molar-refractivity contribution in [3.05, 3.63) is 46.4 Å². The van der Waals surface area contributed by atoms with Gasteiger partial charge in [0.15, 0.2) is 0 Å². The molecule has 7 heteroatoms. The summed E-state index contributed by atoms with van der Waals surface area (Å²) in [6.45, 7) is 0. The van der Waals surface area contributed by atoms with E-state index in [-0.39, 0.29) is 11.7 Å². The highest BCUT2D eigenvalue weighted by Gasteiger charge is 2.13. The van der Waals surface area contributed by atoms with Crippen LogP contribution < -0.4 is 14.8 Å². The molecular formula is C16H15Cl2NO3S. The van der Waals surface area contributed by atoms with Crippen LogP contribution in [0.15, 0.2) is 41.3 Å². The van der Waals surface area contributed by atoms with Gasteiger partial charge in [-0.25, -0.2) is 0 Å². The molecule has 0 saturated heterocycles. The van der Waals surface area contributed by atoms with E-state index in [1.807, 2.05) is 18.2 Å². The fourth-order valence-electron chi connectivity index (χ4n) is 1.85. The van der Waals surface area contributed by atoms with Crippen LogP contribution in [-0.4, -0.2) is 25.9 Å². The van der Waals surface area contributed by atoms with Crippen LogP contribution in [0, 0.1) is 0 Å². The van der Waals surface area contributed by atoms with Gasteiger partial charge in [0.2, 0.25) is 5.91 Å². The number of ether oxygens (including phenoxy) is 2. The summed E-state index contributed by atoms with van der Waals surface area (Å²) in [6, 6.07) is 10.6. The van der Waals surface area contributed by atoms with E-state index in [1.165, 1.54) is 26.0 Å². The van der Waals surface area contributed by atoms with Gasteiger partial charge in [-0.05, 0) is 12.1 Å². The standard InChI is InChI=1S/C16H15Cl2NO3S/c1-21-13-8-12(14(22-2)7-11(13)18)19-16(20)9-23-15-6-4-3-5-10(15)17/h3-8H,9H2,1-2H3,(H,19,20). The molecule has 0 radical (unpaired) electrons. The van der Waals surface area contributed by atoms with Gasteiger partial charge in [-0.1, -0.05) is 35.3 Å². The van der Waals surface area contributed by atoms with Crippen molar-refractivity contribution in [2.75, 3.05) is 25.3 Å². The second kappa shape index (κ2) is 8.34. The molecule has 2 aromatic carbocycles. The van der Waals surface area contributed by atoms with Gasteiger partial charge in [-0.15, -0.1) is 11.8 Å². The lowest BCUT2D eigenvalue weighted by Crippen LogP contribution is -2.14. The molecule has 1 amide bonds. The van der Waals surface area contributed by atoms with Gasteiger partial charge in [0.1, 0.15) is 11.5 Å². The largest absolute Gasteiger partial charge is 0.495 e.